The van der Waals surface area contributed by atoms with Crippen LogP contribution in [0.1, 0.15) is 6.42 Å². The van der Waals surface area contributed by atoms with Crippen molar-refractivity contribution in [3.8, 4) is 0 Å². The molecule has 2 bridgehead atoms. The fourth-order valence-electron chi connectivity index (χ4n) is 3.62. The predicted octanol–water partition coefficient (Wildman–Crippen LogP) is -1.30. The van der Waals surface area contributed by atoms with Gasteiger partial charge in [0.25, 0.3) is 0 Å². The van der Waals surface area contributed by atoms with E-state index in [4.69, 9.17) is 10.5 Å². The van der Waals surface area contributed by atoms with Crippen LogP contribution >= 0.6 is 0 Å². The van der Waals surface area contributed by atoms with Crippen molar-refractivity contribution in [1.29, 1.82) is 0 Å². The number of ether oxygens (including phenoxy) is 1. The van der Waals surface area contributed by atoms with Crippen LogP contribution in [0.15, 0.2) is 0 Å². The van der Waals surface area contributed by atoms with Gasteiger partial charge in [-0.05, 0) is 6.42 Å². The van der Waals surface area contributed by atoms with E-state index in [0.29, 0.717) is 6.61 Å². The molecule has 4 N–H and O–H groups in total. The van der Waals surface area contributed by atoms with Gasteiger partial charge in [-0.3, -0.25) is 0 Å². The van der Waals surface area contributed by atoms with Crippen molar-refractivity contribution in [1.82, 2.24) is 0 Å². The summed E-state index contributed by atoms with van der Waals surface area (Å²) in [6, 6.07) is 0.0228. The minimum absolute atomic E-state index is 0.0228. The second-order valence-corrected chi connectivity index (χ2v) is 4.76. The highest BCUT2D eigenvalue weighted by Gasteiger charge is 2.68. The van der Waals surface area contributed by atoms with E-state index in [1.165, 1.54) is 0 Å². The summed E-state index contributed by atoms with van der Waals surface area (Å²) >= 11 is 0. The molecule has 0 spiro atoms. The Kier molecular flexibility index (Phi) is 1.42. The highest BCUT2D eigenvalue weighted by molar-refractivity contribution is 5.18. The second kappa shape index (κ2) is 2.25. The fourth-order valence-corrected chi connectivity index (χ4v) is 3.62. The summed E-state index contributed by atoms with van der Waals surface area (Å²) < 4.78 is 5.52. The molecule has 1 heterocycles. The maximum absolute atomic E-state index is 9.80. The molecule has 0 aromatic carbocycles. The summed E-state index contributed by atoms with van der Waals surface area (Å²) in [5.74, 6) is 0.321. The number of hydrogen-bond acceptors (Lipinski definition) is 4. The standard InChI is InChI=1S/C9H15NO3/c10-6-4-1-9(2-11)3-13-8(5(6)9)7(4)12/h4-8,11-12H,1-3,10H2. The number of rotatable bonds is 1. The zero-order valence-corrected chi connectivity index (χ0v) is 7.39. The number of nitrogens with two attached hydrogens (primary N) is 1. The average Bonchev–Trinajstić information content (AvgIpc) is 2.66. The third-order valence-electron chi connectivity index (χ3n) is 4.27. The normalized spacial score (nSPS) is 63.5. The van der Waals surface area contributed by atoms with Crippen LogP contribution in [0, 0.1) is 17.3 Å². The number of aliphatic hydroxyl groups is 2. The van der Waals surface area contributed by atoms with Gasteiger partial charge in [0.1, 0.15) is 0 Å². The number of aliphatic hydroxyl groups excluding tert-OH is 2. The zero-order valence-electron chi connectivity index (χ0n) is 7.39. The molecule has 0 radical (unpaired) electrons. The topological polar surface area (TPSA) is 75.7 Å². The first-order valence-electron chi connectivity index (χ1n) is 4.86. The Balaban J connectivity index is 2.02. The molecule has 3 fully saturated rings. The Hall–Kier alpha value is -0.160. The van der Waals surface area contributed by atoms with Crippen LogP contribution in [-0.2, 0) is 4.74 Å². The van der Waals surface area contributed by atoms with Crippen LogP contribution in [0.25, 0.3) is 0 Å². The Morgan fingerprint density at radius 1 is 1.54 bits per heavy atom. The molecule has 0 aromatic rings. The molecule has 2 aliphatic carbocycles. The highest BCUT2D eigenvalue weighted by Crippen LogP contribution is 2.60. The van der Waals surface area contributed by atoms with Gasteiger partial charge in [-0.1, -0.05) is 0 Å². The van der Waals surface area contributed by atoms with E-state index in [2.05, 4.69) is 0 Å². The summed E-state index contributed by atoms with van der Waals surface area (Å²) in [5.41, 5.74) is 5.87. The molecule has 3 aliphatic rings. The van der Waals surface area contributed by atoms with Crippen LogP contribution in [0.4, 0.5) is 0 Å². The lowest BCUT2D eigenvalue weighted by Crippen LogP contribution is -2.40. The fraction of sp³-hybridized carbons (Fsp3) is 1.00. The maximum atomic E-state index is 9.80. The molecule has 2 saturated carbocycles. The van der Waals surface area contributed by atoms with Gasteiger partial charge in [0.15, 0.2) is 0 Å². The maximum Gasteiger partial charge on any atom is 0.0887 e. The largest absolute Gasteiger partial charge is 0.396 e. The van der Waals surface area contributed by atoms with Crippen LogP contribution in [-0.4, -0.2) is 41.7 Å². The molecule has 4 heteroatoms. The van der Waals surface area contributed by atoms with Crippen LogP contribution in [0.2, 0.25) is 0 Å². The SMILES string of the molecule is NC1C2CC3(CO)COC(C2O)C13. The zero-order chi connectivity index (χ0) is 9.22. The molecule has 13 heavy (non-hydrogen) atoms. The average molecular weight is 185 g/mol. The van der Waals surface area contributed by atoms with Gasteiger partial charge in [-0.2, -0.15) is 0 Å². The lowest BCUT2D eigenvalue weighted by molar-refractivity contribution is -0.0112. The molecule has 1 aliphatic heterocycles. The van der Waals surface area contributed by atoms with Crippen molar-refractivity contribution < 1.29 is 14.9 Å². The van der Waals surface area contributed by atoms with Gasteiger partial charge < -0.3 is 20.7 Å². The molecule has 0 aromatic heterocycles. The summed E-state index contributed by atoms with van der Waals surface area (Å²) in [4.78, 5) is 0. The minimum Gasteiger partial charge on any atom is -0.396 e. The van der Waals surface area contributed by atoms with Crippen molar-refractivity contribution in [2.24, 2.45) is 23.0 Å². The molecule has 6 unspecified atom stereocenters. The Morgan fingerprint density at radius 2 is 2.31 bits per heavy atom. The van der Waals surface area contributed by atoms with Crippen LogP contribution < -0.4 is 5.73 Å². The Morgan fingerprint density at radius 3 is 2.92 bits per heavy atom. The van der Waals surface area contributed by atoms with E-state index in [1.54, 1.807) is 0 Å². The van der Waals surface area contributed by atoms with Crippen molar-refractivity contribution in [3.63, 3.8) is 0 Å². The van der Waals surface area contributed by atoms with Gasteiger partial charge in [0.2, 0.25) is 0 Å². The lowest BCUT2D eigenvalue weighted by atomic mass is 9.74. The first kappa shape index (κ1) is 8.17. The molecule has 74 valence electrons. The van der Waals surface area contributed by atoms with E-state index in [9.17, 15) is 10.2 Å². The molecular formula is C9H15NO3. The summed E-state index contributed by atoms with van der Waals surface area (Å²) in [6.07, 6.45) is 0.315. The first-order valence-corrected chi connectivity index (χ1v) is 4.86. The van der Waals surface area contributed by atoms with Crippen molar-refractivity contribution in [2.75, 3.05) is 13.2 Å². The minimum atomic E-state index is -0.401. The van der Waals surface area contributed by atoms with Crippen LogP contribution in [0.5, 0.6) is 0 Å². The van der Waals surface area contributed by atoms with E-state index in [0.717, 1.165) is 6.42 Å². The third kappa shape index (κ3) is 0.722. The molecule has 0 amide bonds. The molecular weight excluding hydrogens is 170 g/mol. The third-order valence-corrected chi connectivity index (χ3v) is 4.27. The molecule has 3 rings (SSSR count). The van der Waals surface area contributed by atoms with Crippen molar-refractivity contribution >= 4 is 0 Å². The summed E-state index contributed by atoms with van der Waals surface area (Å²) in [5, 5.41) is 19.2. The van der Waals surface area contributed by atoms with Gasteiger partial charge in [-0.25, -0.2) is 0 Å². The summed E-state index contributed by atoms with van der Waals surface area (Å²) in [7, 11) is 0. The second-order valence-electron chi connectivity index (χ2n) is 4.76. The van der Waals surface area contributed by atoms with E-state index < -0.39 is 6.10 Å². The monoisotopic (exact) mass is 185 g/mol. The van der Waals surface area contributed by atoms with Crippen molar-refractivity contribution in [3.05, 3.63) is 0 Å². The Bertz CT molecular complexity index is 245. The van der Waals surface area contributed by atoms with Gasteiger partial charge in [0.05, 0.1) is 25.4 Å². The highest BCUT2D eigenvalue weighted by atomic mass is 16.5. The van der Waals surface area contributed by atoms with Crippen LogP contribution in [0.3, 0.4) is 0 Å². The molecule has 4 nitrogen and oxygen atoms in total. The lowest BCUT2D eigenvalue weighted by Gasteiger charge is -2.30. The number of fused-ring (bicyclic) bond motifs is 1. The smallest absolute Gasteiger partial charge is 0.0887 e. The quantitative estimate of drug-likeness (QED) is 0.474. The molecule has 6 atom stereocenters. The Labute approximate surface area is 76.7 Å². The predicted molar refractivity (Wildman–Crippen MR) is 44.8 cm³/mol. The first-order chi connectivity index (χ1) is 6.19. The molecule has 1 saturated heterocycles. The number of hydrogen-bond donors (Lipinski definition) is 3. The van der Waals surface area contributed by atoms with Gasteiger partial charge in [-0.15, -0.1) is 0 Å². The summed E-state index contributed by atoms with van der Waals surface area (Å²) in [6.45, 7) is 0.713. The van der Waals surface area contributed by atoms with Gasteiger partial charge >= 0.3 is 0 Å². The van der Waals surface area contributed by atoms with Crippen molar-refractivity contribution in [2.45, 2.75) is 24.7 Å². The van der Waals surface area contributed by atoms with E-state index in [-0.39, 0.29) is 36.0 Å². The van der Waals surface area contributed by atoms with E-state index in [1.807, 2.05) is 0 Å². The van der Waals surface area contributed by atoms with Gasteiger partial charge in [0, 0.05) is 23.3 Å². The van der Waals surface area contributed by atoms with E-state index >= 15 is 0 Å².